The van der Waals surface area contributed by atoms with Crippen LogP contribution in [0.25, 0.3) is 0 Å². The fourth-order valence-electron chi connectivity index (χ4n) is 2.74. The van der Waals surface area contributed by atoms with Gasteiger partial charge >= 0.3 is 0 Å². The third kappa shape index (κ3) is 7.84. The van der Waals surface area contributed by atoms with Crippen LogP contribution in [0.4, 0.5) is 0 Å². The number of Topliss-reactive ketones (excluding diaryl/α,β-unsaturated/α-hetero) is 1. The molecule has 0 atom stereocenters. The van der Waals surface area contributed by atoms with Crippen molar-refractivity contribution >= 4 is 24.1 Å². The number of hydrogen-bond donors (Lipinski definition) is 2. The first-order chi connectivity index (χ1) is 11.7. The molecule has 1 aliphatic heterocycles. The molecule has 0 aromatic heterocycles. The molecule has 0 spiro atoms. The first kappa shape index (κ1) is 21.4. The largest absolute Gasteiger partial charge is 0.352 e. The monoisotopic (exact) mass is 364 g/mol. The third-order valence-corrected chi connectivity index (χ3v) is 4.34. The van der Waals surface area contributed by atoms with Crippen molar-refractivity contribution < 1.29 is 9.59 Å². The number of benzene rings is 1. The van der Waals surface area contributed by atoms with E-state index in [4.69, 9.17) is 0 Å². The summed E-state index contributed by atoms with van der Waals surface area (Å²) in [5.74, 6) is -0.0179. The summed E-state index contributed by atoms with van der Waals surface area (Å²) >= 11 is 0. The lowest BCUT2D eigenvalue weighted by molar-refractivity contribution is -0.120. The van der Waals surface area contributed by atoms with Gasteiger partial charge in [-0.1, -0.05) is 49.3 Å². The molecule has 0 fully saturated rings. The molecule has 1 aromatic rings. The highest BCUT2D eigenvalue weighted by molar-refractivity contribution is 5.98. The Morgan fingerprint density at radius 2 is 1.92 bits per heavy atom. The van der Waals surface area contributed by atoms with Gasteiger partial charge in [-0.15, -0.1) is 12.4 Å². The topological polar surface area (TPSA) is 58.2 Å². The molecule has 0 saturated heterocycles. The van der Waals surface area contributed by atoms with E-state index < -0.39 is 0 Å². The standard InChI is InChI=1S/C20H28N2O2.ClH/c1-2-3-4-16-5-7-18(8-6-16)19(23)9-10-20(24)22-15-17-11-13-21-14-12-17;/h5-8,11,21H,2-4,9-10,12-15H2,1H3,(H,22,24);1H. The van der Waals surface area contributed by atoms with E-state index in [9.17, 15) is 9.59 Å². The first-order valence-electron chi connectivity index (χ1n) is 8.96. The van der Waals surface area contributed by atoms with Crippen LogP contribution >= 0.6 is 12.4 Å². The Kier molecular flexibility index (Phi) is 10.1. The fourth-order valence-corrected chi connectivity index (χ4v) is 2.74. The quantitative estimate of drug-likeness (QED) is 0.521. The molecular formula is C20H29ClN2O2. The second kappa shape index (κ2) is 11.8. The molecule has 0 saturated carbocycles. The van der Waals surface area contributed by atoms with E-state index in [2.05, 4.69) is 23.6 Å². The molecule has 0 bridgehead atoms. The SMILES string of the molecule is CCCCc1ccc(C(=O)CCC(=O)NCC2=CCNCC2)cc1.Cl. The van der Waals surface area contributed by atoms with Crippen molar-refractivity contribution in [2.24, 2.45) is 0 Å². The van der Waals surface area contributed by atoms with Gasteiger partial charge in [0.05, 0.1) is 0 Å². The predicted molar refractivity (Wildman–Crippen MR) is 104 cm³/mol. The minimum Gasteiger partial charge on any atom is -0.352 e. The Morgan fingerprint density at radius 3 is 2.56 bits per heavy atom. The van der Waals surface area contributed by atoms with Crippen molar-refractivity contribution in [3.05, 3.63) is 47.0 Å². The van der Waals surface area contributed by atoms with E-state index in [1.165, 1.54) is 24.0 Å². The second-order valence-electron chi connectivity index (χ2n) is 6.32. The predicted octanol–water partition coefficient (Wildman–Crippen LogP) is 3.45. The number of nitrogens with one attached hydrogen (secondary N) is 2. The summed E-state index contributed by atoms with van der Waals surface area (Å²) in [4.78, 5) is 24.1. The number of rotatable bonds is 9. The van der Waals surface area contributed by atoms with Crippen molar-refractivity contribution in [3.8, 4) is 0 Å². The van der Waals surface area contributed by atoms with Gasteiger partial charge in [0.2, 0.25) is 5.91 Å². The lowest BCUT2D eigenvalue weighted by Gasteiger charge is -2.14. The van der Waals surface area contributed by atoms with Crippen LogP contribution in [0.15, 0.2) is 35.9 Å². The normalized spacial score (nSPS) is 13.6. The van der Waals surface area contributed by atoms with Crippen LogP contribution in [0, 0.1) is 0 Å². The Hall–Kier alpha value is -1.65. The van der Waals surface area contributed by atoms with Crippen LogP contribution in [0.1, 0.15) is 54.9 Å². The van der Waals surface area contributed by atoms with Gasteiger partial charge in [-0.25, -0.2) is 0 Å². The molecular weight excluding hydrogens is 336 g/mol. The van der Waals surface area contributed by atoms with Gasteiger partial charge in [0, 0.05) is 31.5 Å². The summed E-state index contributed by atoms with van der Waals surface area (Å²) in [5, 5.41) is 6.15. The zero-order valence-electron chi connectivity index (χ0n) is 15.0. The number of ketones is 1. The summed E-state index contributed by atoms with van der Waals surface area (Å²) in [5.41, 5.74) is 3.22. The Balaban J connectivity index is 0.00000312. The molecule has 0 aliphatic carbocycles. The minimum absolute atomic E-state index is 0. The van der Waals surface area contributed by atoms with Gasteiger partial charge in [0.15, 0.2) is 5.78 Å². The molecule has 1 heterocycles. The molecule has 2 rings (SSSR count). The van der Waals surface area contributed by atoms with Crippen LogP contribution in [0.2, 0.25) is 0 Å². The zero-order chi connectivity index (χ0) is 17.2. The number of carbonyl (C=O) groups excluding carboxylic acids is 2. The van der Waals surface area contributed by atoms with Gasteiger partial charge in [0.1, 0.15) is 0 Å². The molecule has 0 unspecified atom stereocenters. The van der Waals surface area contributed by atoms with Gasteiger partial charge in [-0.3, -0.25) is 9.59 Å². The van der Waals surface area contributed by atoms with Gasteiger partial charge in [-0.05, 0) is 31.4 Å². The fraction of sp³-hybridized carbons (Fsp3) is 0.500. The van der Waals surface area contributed by atoms with Gasteiger partial charge < -0.3 is 10.6 Å². The number of hydrogen-bond acceptors (Lipinski definition) is 3. The molecule has 1 aliphatic rings. The van der Waals surface area contributed by atoms with Crippen LogP contribution in [-0.2, 0) is 11.2 Å². The smallest absolute Gasteiger partial charge is 0.220 e. The average molecular weight is 365 g/mol. The summed E-state index contributed by atoms with van der Waals surface area (Å²) in [7, 11) is 0. The average Bonchev–Trinajstić information content (AvgIpc) is 2.64. The number of unbranched alkanes of at least 4 members (excludes halogenated alkanes) is 1. The lowest BCUT2D eigenvalue weighted by atomic mass is 10.0. The van der Waals surface area contributed by atoms with E-state index in [0.29, 0.717) is 12.1 Å². The molecule has 1 amide bonds. The molecule has 4 nitrogen and oxygen atoms in total. The van der Waals surface area contributed by atoms with Crippen molar-refractivity contribution in [1.82, 2.24) is 10.6 Å². The summed E-state index contributed by atoms with van der Waals surface area (Å²) in [6, 6.07) is 7.80. The highest BCUT2D eigenvalue weighted by Crippen LogP contribution is 2.11. The van der Waals surface area contributed by atoms with Crippen molar-refractivity contribution in [3.63, 3.8) is 0 Å². The Labute approximate surface area is 156 Å². The molecule has 0 radical (unpaired) electrons. The first-order valence-corrected chi connectivity index (χ1v) is 8.96. The summed E-state index contributed by atoms with van der Waals surface area (Å²) < 4.78 is 0. The van der Waals surface area contributed by atoms with Gasteiger partial charge in [0.25, 0.3) is 0 Å². The number of halogens is 1. The molecule has 138 valence electrons. The van der Waals surface area contributed by atoms with Crippen LogP contribution in [-0.4, -0.2) is 31.3 Å². The molecule has 1 aromatic carbocycles. The maximum atomic E-state index is 12.2. The van der Waals surface area contributed by atoms with E-state index in [1.807, 2.05) is 24.3 Å². The third-order valence-electron chi connectivity index (χ3n) is 4.34. The molecule has 5 heteroatoms. The highest BCUT2D eigenvalue weighted by atomic mass is 35.5. The Morgan fingerprint density at radius 1 is 1.16 bits per heavy atom. The van der Waals surface area contributed by atoms with E-state index in [-0.39, 0.29) is 36.9 Å². The van der Waals surface area contributed by atoms with Crippen LogP contribution in [0.5, 0.6) is 0 Å². The van der Waals surface area contributed by atoms with Gasteiger partial charge in [-0.2, -0.15) is 0 Å². The zero-order valence-corrected chi connectivity index (χ0v) is 15.8. The van der Waals surface area contributed by atoms with Crippen molar-refractivity contribution in [1.29, 1.82) is 0 Å². The van der Waals surface area contributed by atoms with Crippen LogP contribution in [0.3, 0.4) is 0 Å². The molecule has 2 N–H and O–H groups in total. The van der Waals surface area contributed by atoms with E-state index in [0.717, 1.165) is 25.9 Å². The maximum absolute atomic E-state index is 12.2. The minimum atomic E-state index is -0.0534. The number of aryl methyl sites for hydroxylation is 1. The van der Waals surface area contributed by atoms with Crippen LogP contribution < -0.4 is 10.6 Å². The highest BCUT2D eigenvalue weighted by Gasteiger charge is 2.10. The van der Waals surface area contributed by atoms with Crippen molar-refractivity contribution in [2.45, 2.75) is 45.4 Å². The molecule has 25 heavy (non-hydrogen) atoms. The lowest BCUT2D eigenvalue weighted by Crippen LogP contribution is -2.29. The number of amides is 1. The maximum Gasteiger partial charge on any atom is 0.220 e. The second-order valence-corrected chi connectivity index (χ2v) is 6.32. The number of carbonyl (C=O) groups is 2. The van der Waals surface area contributed by atoms with Crippen molar-refractivity contribution in [2.75, 3.05) is 19.6 Å². The Bertz CT molecular complexity index is 582. The summed E-state index contributed by atoms with van der Waals surface area (Å²) in [6.45, 7) is 4.61. The summed E-state index contributed by atoms with van der Waals surface area (Å²) in [6.07, 6.45) is 7.00. The van der Waals surface area contributed by atoms with E-state index in [1.54, 1.807) is 0 Å². The van der Waals surface area contributed by atoms with E-state index >= 15 is 0 Å².